The lowest BCUT2D eigenvalue weighted by atomic mass is 10.2. The maximum atomic E-state index is 12.1. The molecular weight excluding hydrogens is 336 g/mol. The highest BCUT2D eigenvalue weighted by Gasteiger charge is 2.15. The van der Waals surface area contributed by atoms with E-state index in [4.69, 9.17) is 9.47 Å². The first-order chi connectivity index (χ1) is 12.0. The SMILES string of the molecule is CCC(=O)N(Cc1csc(COc2ccc(OC)cc2)n1)CC(C)C. The van der Waals surface area contributed by atoms with Crippen LogP contribution in [0.15, 0.2) is 29.6 Å². The van der Waals surface area contributed by atoms with Gasteiger partial charge in [-0.15, -0.1) is 11.3 Å². The molecular formula is C19H26N2O3S. The molecule has 136 valence electrons. The highest BCUT2D eigenvalue weighted by Crippen LogP contribution is 2.20. The van der Waals surface area contributed by atoms with Gasteiger partial charge in [0, 0.05) is 18.3 Å². The van der Waals surface area contributed by atoms with Gasteiger partial charge in [-0.1, -0.05) is 20.8 Å². The third kappa shape index (κ3) is 6.05. The van der Waals surface area contributed by atoms with Gasteiger partial charge in [0.15, 0.2) is 0 Å². The first-order valence-electron chi connectivity index (χ1n) is 8.49. The summed E-state index contributed by atoms with van der Waals surface area (Å²) in [6.07, 6.45) is 0.518. The molecule has 0 aliphatic carbocycles. The number of hydrogen-bond donors (Lipinski definition) is 0. The quantitative estimate of drug-likeness (QED) is 0.673. The van der Waals surface area contributed by atoms with Crippen molar-refractivity contribution in [2.75, 3.05) is 13.7 Å². The van der Waals surface area contributed by atoms with E-state index in [1.54, 1.807) is 18.4 Å². The first-order valence-corrected chi connectivity index (χ1v) is 9.37. The van der Waals surface area contributed by atoms with E-state index in [1.165, 1.54) is 0 Å². The summed E-state index contributed by atoms with van der Waals surface area (Å²) in [6, 6.07) is 7.47. The van der Waals surface area contributed by atoms with Crippen molar-refractivity contribution in [3.8, 4) is 11.5 Å². The fourth-order valence-corrected chi connectivity index (χ4v) is 3.12. The zero-order valence-corrected chi connectivity index (χ0v) is 16.1. The molecule has 0 radical (unpaired) electrons. The molecule has 0 N–H and O–H groups in total. The van der Waals surface area contributed by atoms with Crippen molar-refractivity contribution in [3.05, 3.63) is 40.3 Å². The number of carbonyl (C=O) groups excluding carboxylic acids is 1. The average molecular weight is 362 g/mol. The summed E-state index contributed by atoms with van der Waals surface area (Å²) in [6.45, 7) is 7.86. The normalized spacial score (nSPS) is 10.8. The Hall–Kier alpha value is -2.08. The minimum atomic E-state index is 0.165. The Bertz CT molecular complexity index is 668. The molecule has 1 amide bonds. The van der Waals surface area contributed by atoms with Gasteiger partial charge >= 0.3 is 0 Å². The molecule has 2 rings (SSSR count). The Morgan fingerprint density at radius 1 is 1.24 bits per heavy atom. The van der Waals surface area contributed by atoms with Crippen molar-refractivity contribution in [1.29, 1.82) is 0 Å². The molecule has 0 saturated heterocycles. The fraction of sp³-hybridized carbons (Fsp3) is 0.474. The smallest absolute Gasteiger partial charge is 0.222 e. The van der Waals surface area contributed by atoms with Crippen molar-refractivity contribution in [1.82, 2.24) is 9.88 Å². The van der Waals surface area contributed by atoms with Crippen LogP contribution in [0.3, 0.4) is 0 Å². The van der Waals surface area contributed by atoms with Crippen molar-refractivity contribution >= 4 is 17.2 Å². The van der Waals surface area contributed by atoms with E-state index < -0.39 is 0 Å². The van der Waals surface area contributed by atoms with Crippen LogP contribution in [0.2, 0.25) is 0 Å². The van der Waals surface area contributed by atoms with E-state index in [0.29, 0.717) is 25.5 Å². The van der Waals surface area contributed by atoms with Crippen LogP contribution in [0.25, 0.3) is 0 Å². The predicted molar refractivity (Wildman–Crippen MR) is 100.0 cm³/mol. The molecule has 0 atom stereocenters. The summed E-state index contributed by atoms with van der Waals surface area (Å²) in [7, 11) is 1.64. The predicted octanol–water partition coefficient (Wildman–Crippen LogP) is 4.13. The maximum Gasteiger partial charge on any atom is 0.222 e. The van der Waals surface area contributed by atoms with Gasteiger partial charge in [-0.3, -0.25) is 4.79 Å². The van der Waals surface area contributed by atoms with Crippen LogP contribution in [-0.4, -0.2) is 29.4 Å². The number of aromatic nitrogens is 1. The summed E-state index contributed by atoms with van der Waals surface area (Å²) in [5.41, 5.74) is 0.917. The Labute approximate surface area is 153 Å². The number of amides is 1. The number of nitrogens with zero attached hydrogens (tertiary/aromatic N) is 2. The Morgan fingerprint density at radius 3 is 2.52 bits per heavy atom. The van der Waals surface area contributed by atoms with E-state index in [9.17, 15) is 4.79 Å². The van der Waals surface area contributed by atoms with Crippen LogP contribution in [0.5, 0.6) is 11.5 Å². The van der Waals surface area contributed by atoms with Crippen LogP contribution in [0.4, 0.5) is 0 Å². The van der Waals surface area contributed by atoms with Gasteiger partial charge < -0.3 is 14.4 Å². The summed E-state index contributed by atoms with van der Waals surface area (Å²) in [4.78, 5) is 18.6. The Kier molecular flexibility index (Phi) is 7.25. The molecule has 0 unspecified atom stereocenters. The van der Waals surface area contributed by atoms with Gasteiger partial charge in [-0.25, -0.2) is 4.98 Å². The van der Waals surface area contributed by atoms with Crippen LogP contribution >= 0.6 is 11.3 Å². The van der Waals surface area contributed by atoms with E-state index in [1.807, 2.05) is 41.5 Å². The number of ether oxygens (including phenoxy) is 2. The van der Waals surface area contributed by atoms with Crippen LogP contribution in [0.1, 0.15) is 37.9 Å². The molecule has 0 bridgehead atoms. The molecule has 0 fully saturated rings. The number of benzene rings is 1. The average Bonchev–Trinajstić information content (AvgIpc) is 3.06. The van der Waals surface area contributed by atoms with E-state index >= 15 is 0 Å². The highest BCUT2D eigenvalue weighted by molar-refractivity contribution is 7.09. The number of rotatable bonds is 9. The van der Waals surface area contributed by atoms with Crippen molar-refractivity contribution in [2.45, 2.75) is 40.3 Å². The topological polar surface area (TPSA) is 51.7 Å². The second-order valence-electron chi connectivity index (χ2n) is 6.22. The second-order valence-corrected chi connectivity index (χ2v) is 7.16. The molecule has 1 aromatic heterocycles. The number of hydrogen-bond acceptors (Lipinski definition) is 5. The third-order valence-corrected chi connectivity index (χ3v) is 4.49. The second kappa shape index (κ2) is 9.42. The summed E-state index contributed by atoms with van der Waals surface area (Å²) >= 11 is 1.56. The zero-order valence-electron chi connectivity index (χ0n) is 15.3. The molecule has 6 heteroatoms. The van der Waals surface area contributed by atoms with Gasteiger partial charge in [0.25, 0.3) is 0 Å². The number of carbonyl (C=O) groups is 1. The molecule has 5 nitrogen and oxygen atoms in total. The summed E-state index contributed by atoms with van der Waals surface area (Å²) in [5, 5.41) is 2.91. The molecule has 0 saturated carbocycles. The van der Waals surface area contributed by atoms with E-state index in [2.05, 4.69) is 18.8 Å². The Morgan fingerprint density at radius 2 is 1.92 bits per heavy atom. The molecule has 0 aliphatic rings. The maximum absolute atomic E-state index is 12.1. The monoisotopic (exact) mass is 362 g/mol. The fourth-order valence-electron chi connectivity index (χ4n) is 2.42. The molecule has 25 heavy (non-hydrogen) atoms. The lowest BCUT2D eigenvalue weighted by Crippen LogP contribution is -2.33. The van der Waals surface area contributed by atoms with Crippen LogP contribution < -0.4 is 9.47 Å². The number of methoxy groups -OCH3 is 1. The molecule has 0 spiro atoms. The van der Waals surface area contributed by atoms with Gasteiger partial charge in [0.2, 0.25) is 5.91 Å². The Balaban J connectivity index is 1.92. The van der Waals surface area contributed by atoms with Crippen molar-refractivity contribution in [3.63, 3.8) is 0 Å². The minimum absolute atomic E-state index is 0.165. The van der Waals surface area contributed by atoms with E-state index in [0.717, 1.165) is 28.7 Å². The van der Waals surface area contributed by atoms with Gasteiger partial charge in [-0.05, 0) is 30.2 Å². The lowest BCUT2D eigenvalue weighted by Gasteiger charge is -2.23. The van der Waals surface area contributed by atoms with Crippen LogP contribution in [-0.2, 0) is 17.9 Å². The van der Waals surface area contributed by atoms with Gasteiger partial charge in [0.05, 0.1) is 19.3 Å². The standard InChI is InChI=1S/C19H26N2O3S/c1-5-19(22)21(10-14(2)3)11-15-13-25-18(20-15)12-24-17-8-6-16(23-4)7-9-17/h6-9,13-14H,5,10-12H2,1-4H3. The summed E-state index contributed by atoms with van der Waals surface area (Å²) < 4.78 is 10.9. The lowest BCUT2D eigenvalue weighted by molar-refractivity contribution is -0.132. The summed E-state index contributed by atoms with van der Waals surface area (Å²) in [5.74, 6) is 2.18. The van der Waals surface area contributed by atoms with Gasteiger partial charge in [-0.2, -0.15) is 0 Å². The zero-order chi connectivity index (χ0) is 18.2. The molecule has 0 aliphatic heterocycles. The molecule has 1 heterocycles. The van der Waals surface area contributed by atoms with Crippen molar-refractivity contribution < 1.29 is 14.3 Å². The van der Waals surface area contributed by atoms with E-state index in [-0.39, 0.29) is 5.91 Å². The van der Waals surface area contributed by atoms with Gasteiger partial charge in [0.1, 0.15) is 23.1 Å². The molecule has 2 aromatic rings. The van der Waals surface area contributed by atoms with Crippen molar-refractivity contribution in [2.24, 2.45) is 5.92 Å². The van der Waals surface area contributed by atoms with Crippen LogP contribution in [0, 0.1) is 5.92 Å². The molecule has 1 aromatic carbocycles. The largest absolute Gasteiger partial charge is 0.497 e. The number of thiazole rings is 1. The third-order valence-electron chi connectivity index (χ3n) is 3.61. The first kappa shape index (κ1) is 19.2. The highest BCUT2D eigenvalue weighted by atomic mass is 32.1. The minimum Gasteiger partial charge on any atom is -0.497 e.